The first-order valence-corrected chi connectivity index (χ1v) is 9.76. The van der Waals surface area contributed by atoms with Crippen molar-refractivity contribution in [2.75, 3.05) is 58.3 Å². The van der Waals surface area contributed by atoms with Crippen molar-refractivity contribution in [3.05, 3.63) is 36.4 Å². The van der Waals surface area contributed by atoms with E-state index in [9.17, 15) is 14.4 Å². The molecule has 10 nitrogen and oxygen atoms in total. The lowest BCUT2D eigenvalue weighted by Crippen LogP contribution is -2.56. The van der Waals surface area contributed by atoms with E-state index < -0.39 is 17.7 Å². The van der Waals surface area contributed by atoms with Crippen molar-refractivity contribution in [2.24, 2.45) is 0 Å². The van der Waals surface area contributed by atoms with Gasteiger partial charge in [-0.2, -0.15) is 0 Å². The lowest BCUT2D eigenvalue weighted by Gasteiger charge is -2.33. The highest BCUT2D eigenvalue weighted by Crippen LogP contribution is 2.32. The number of hydrogen-bond acceptors (Lipinski definition) is 7. The third kappa shape index (κ3) is 4.69. The molecule has 10 heteroatoms. The lowest BCUT2D eigenvalue weighted by molar-refractivity contribution is -0.147. The van der Waals surface area contributed by atoms with E-state index in [1.54, 1.807) is 36.4 Å². The SMILES string of the molecule is COc1ccc(OC)c(NC(=O)CN2CCN(c3ccc(OC)c(OC)c3)C(=O)C2=O)c1. The number of hydrogen-bond donors (Lipinski definition) is 1. The minimum Gasteiger partial charge on any atom is -0.497 e. The Morgan fingerprint density at radius 2 is 1.53 bits per heavy atom. The fourth-order valence-corrected chi connectivity index (χ4v) is 3.34. The maximum Gasteiger partial charge on any atom is 0.316 e. The molecule has 3 rings (SSSR count). The van der Waals surface area contributed by atoms with Gasteiger partial charge in [0.15, 0.2) is 11.5 Å². The lowest BCUT2D eigenvalue weighted by atomic mass is 10.2. The average Bonchev–Trinajstić information content (AvgIpc) is 2.81. The molecule has 3 amide bonds. The van der Waals surface area contributed by atoms with E-state index in [2.05, 4.69) is 5.32 Å². The first-order valence-electron chi connectivity index (χ1n) is 9.76. The van der Waals surface area contributed by atoms with Gasteiger partial charge in [0, 0.05) is 30.9 Å². The van der Waals surface area contributed by atoms with Gasteiger partial charge in [-0.15, -0.1) is 0 Å². The molecule has 2 aromatic carbocycles. The third-order valence-corrected chi connectivity index (χ3v) is 5.00. The number of amides is 3. The molecule has 0 unspecified atom stereocenters. The van der Waals surface area contributed by atoms with E-state index in [4.69, 9.17) is 18.9 Å². The molecule has 1 heterocycles. The number of methoxy groups -OCH3 is 4. The minimum atomic E-state index is -0.765. The standard InChI is InChI=1S/C22H25N3O7/c1-29-15-6-8-17(30-2)16(12-15)23-20(26)13-24-9-10-25(22(28)21(24)27)14-5-7-18(31-3)19(11-14)32-4/h5-8,11-12H,9-10,13H2,1-4H3,(H,23,26). The van der Waals surface area contributed by atoms with Crippen LogP contribution < -0.4 is 29.2 Å². The molecule has 0 bridgehead atoms. The van der Waals surface area contributed by atoms with Gasteiger partial charge in [-0.25, -0.2) is 0 Å². The van der Waals surface area contributed by atoms with Crippen LogP contribution in [0.1, 0.15) is 0 Å². The van der Waals surface area contributed by atoms with Gasteiger partial charge in [-0.1, -0.05) is 0 Å². The predicted octanol–water partition coefficient (Wildman–Crippen LogP) is 1.53. The summed E-state index contributed by atoms with van der Waals surface area (Å²) in [6.07, 6.45) is 0. The third-order valence-electron chi connectivity index (χ3n) is 5.00. The maximum atomic E-state index is 12.7. The zero-order valence-corrected chi connectivity index (χ0v) is 18.3. The van der Waals surface area contributed by atoms with Gasteiger partial charge in [0.25, 0.3) is 0 Å². The molecule has 1 aliphatic rings. The Hall–Kier alpha value is -3.95. The molecule has 0 aliphatic carbocycles. The van der Waals surface area contributed by atoms with Gasteiger partial charge in [0.2, 0.25) is 5.91 Å². The number of carbonyl (C=O) groups excluding carboxylic acids is 3. The molecule has 0 radical (unpaired) electrons. The van der Waals surface area contributed by atoms with Crippen LogP contribution in [0.25, 0.3) is 0 Å². The first kappa shape index (κ1) is 22.7. The van der Waals surface area contributed by atoms with E-state index in [1.165, 1.54) is 38.2 Å². The smallest absolute Gasteiger partial charge is 0.316 e. The van der Waals surface area contributed by atoms with Gasteiger partial charge in [-0.05, 0) is 24.3 Å². The van der Waals surface area contributed by atoms with E-state index in [-0.39, 0.29) is 19.6 Å². The average molecular weight is 443 g/mol. The van der Waals surface area contributed by atoms with Gasteiger partial charge < -0.3 is 34.1 Å². The summed E-state index contributed by atoms with van der Waals surface area (Å²) >= 11 is 0. The molecule has 0 saturated carbocycles. The second kappa shape index (κ2) is 9.90. The van der Waals surface area contributed by atoms with Crippen molar-refractivity contribution in [1.82, 2.24) is 4.90 Å². The van der Waals surface area contributed by atoms with Crippen LogP contribution in [-0.4, -0.2) is 70.7 Å². The van der Waals surface area contributed by atoms with Crippen molar-refractivity contribution in [1.29, 1.82) is 0 Å². The number of anilines is 2. The number of nitrogens with one attached hydrogen (secondary N) is 1. The van der Waals surface area contributed by atoms with Crippen molar-refractivity contribution in [3.8, 4) is 23.0 Å². The summed E-state index contributed by atoms with van der Waals surface area (Å²) in [7, 11) is 5.99. The molecule has 1 saturated heterocycles. The topological polar surface area (TPSA) is 107 Å². The molecule has 1 N–H and O–H groups in total. The highest BCUT2D eigenvalue weighted by atomic mass is 16.5. The van der Waals surface area contributed by atoms with Crippen LogP contribution in [-0.2, 0) is 14.4 Å². The Kier molecular flexibility index (Phi) is 7.04. The monoisotopic (exact) mass is 443 g/mol. The highest BCUT2D eigenvalue weighted by Gasteiger charge is 2.34. The Morgan fingerprint density at radius 1 is 0.844 bits per heavy atom. The molecule has 0 aromatic heterocycles. The van der Waals surface area contributed by atoms with Crippen molar-refractivity contribution in [2.45, 2.75) is 0 Å². The van der Waals surface area contributed by atoms with E-state index in [0.29, 0.717) is 34.4 Å². The predicted molar refractivity (Wildman–Crippen MR) is 117 cm³/mol. The summed E-state index contributed by atoms with van der Waals surface area (Å²) in [5.41, 5.74) is 0.908. The number of benzene rings is 2. The van der Waals surface area contributed by atoms with E-state index in [0.717, 1.165) is 0 Å². The van der Waals surface area contributed by atoms with Gasteiger partial charge in [0.1, 0.15) is 18.0 Å². The van der Waals surface area contributed by atoms with Gasteiger partial charge in [-0.3, -0.25) is 14.4 Å². The Balaban J connectivity index is 1.68. The minimum absolute atomic E-state index is 0.196. The normalized spacial score (nSPS) is 13.6. The number of ether oxygens (including phenoxy) is 4. The molecule has 32 heavy (non-hydrogen) atoms. The van der Waals surface area contributed by atoms with Crippen molar-refractivity contribution in [3.63, 3.8) is 0 Å². The van der Waals surface area contributed by atoms with Crippen LogP contribution in [0.2, 0.25) is 0 Å². The number of nitrogens with zero attached hydrogens (tertiary/aromatic N) is 2. The van der Waals surface area contributed by atoms with Crippen molar-refractivity contribution >= 4 is 29.1 Å². The van der Waals surface area contributed by atoms with E-state index in [1.807, 2.05) is 0 Å². The second-order valence-electron chi connectivity index (χ2n) is 6.84. The van der Waals surface area contributed by atoms with Crippen molar-refractivity contribution < 1.29 is 33.3 Å². The van der Waals surface area contributed by atoms with Crippen LogP contribution in [0.15, 0.2) is 36.4 Å². The Morgan fingerprint density at radius 3 is 2.19 bits per heavy atom. The molecule has 0 spiro atoms. The zero-order valence-electron chi connectivity index (χ0n) is 18.3. The second-order valence-corrected chi connectivity index (χ2v) is 6.84. The van der Waals surface area contributed by atoms with Gasteiger partial charge >= 0.3 is 11.8 Å². The fourth-order valence-electron chi connectivity index (χ4n) is 3.34. The highest BCUT2D eigenvalue weighted by molar-refractivity contribution is 6.41. The van der Waals surface area contributed by atoms with Crippen LogP contribution in [0.4, 0.5) is 11.4 Å². The van der Waals surface area contributed by atoms with Gasteiger partial charge in [0.05, 0.1) is 34.1 Å². The molecular formula is C22H25N3O7. The molecule has 1 aliphatic heterocycles. The summed E-state index contributed by atoms with van der Waals surface area (Å²) in [6, 6.07) is 9.92. The first-order chi connectivity index (χ1) is 15.4. The molecule has 1 fully saturated rings. The molecular weight excluding hydrogens is 418 g/mol. The maximum absolute atomic E-state index is 12.7. The molecule has 0 atom stereocenters. The van der Waals surface area contributed by atoms with Crippen LogP contribution in [0, 0.1) is 0 Å². The quantitative estimate of drug-likeness (QED) is 0.617. The molecule has 170 valence electrons. The number of piperazine rings is 1. The summed E-state index contributed by atoms with van der Waals surface area (Å²) < 4.78 is 20.9. The summed E-state index contributed by atoms with van der Waals surface area (Å²) in [5.74, 6) is -0.0143. The van der Waals surface area contributed by atoms with Crippen LogP contribution in [0.3, 0.4) is 0 Å². The fraction of sp³-hybridized carbons (Fsp3) is 0.318. The number of rotatable bonds is 8. The zero-order chi connectivity index (χ0) is 23.3. The van der Waals surface area contributed by atoms with Crippen LogP contribution in [0.5, 0.6) is 23.0 Å². The largest absolute Gasteiger partial charge is 0.497 e. The van der Waals surface area contributed by atoms with Crippen LogP contribution >= 0.6 is 0 Å². The Labute approximate surface area is 185 Å². The summed E-state index contributed by atoms with van der Waals surface area (Å²) in [6.45, 7) is 0.155. The summed E-state index contributed by atoms with van der Waals surface area (Å²) in [5, 5.41) is 2.70. The Bertz CT molecular complexity index is 1020. The number of carbonyl (C=O) groups is 3. The summed E-state index contributed by atoms with van der Waals surface area (Å²) in [4.78, 5) is 40.5. The molecule has 2 aromatic rings. The van der Waals surface area contributed by atoms with E-state index >= 15 is 0 Å².